The number of carbonyl (C=O) groups is 1. The molecule has 2 atom stereocenters. The van der Waals surface area contributed by atoms with E-state index in [2.05, 4.69) is 62.9 Å². The van der Waals surface area contributed by atoms with Gasteiger partial charge in [-0.15, -0.1) is 0 Å². The van der Waals surface area contributed by atoms with Crippen molar-refractivity contribution in [3.8, 4) is 11.5 Å². The number of aliphatic hydroxyl groups is 1. The second kappa shape index (κ2) is 15.8. The van der Waals surface area contributed by atoms with Crippen molar-refractivity contribution in [2.75, 3.05) is 13.2 Å². The van der Waals surface area contributed by atoms with Gasteiger partial charge in [0, 0.05) is 30.2 Å². The highest BCUT2D eigenvalue weighted by Crippen LogP contribution is 2.35. The second-order valence-electron chi connectivity index (χ2n) is 9.96. The summed E-state index contributed by atoms with van der Waals surface area (Å²) in [5, 5.41) is 28.3. The SMILES string of the molecule is CC(C)N(CC[C@H](c1ccccc1)c1cc(CCO)ccc1O)C(C)C.C[C@H](Oc1ccccc1)C(=O)O. The maximum Gasteiger partial charge on any atom is 0.344 e. The van der Waals surface area contributed by atoms with E-state index < -0.39 is 12.1 Å². The molecule has 0 bridgehead atoms. The number of hydrogen-bond donors (Lipinski definition) is 3. The van der Waals surface area contributed by atoms with E-state index in [1.54, 1.807) is 30.3 Å². The minimum Gasteiger partial charge on any atom is -0.508 e. The van der Waals surface area contributed by atoms with Crippen molar-refractivity contribution in [1.82, 2.24) is 4.90 Å². The molecular weight excluding hydrogens is 478 g/mol. The van der Waals surface area contributed by atoms with Crippen LogP contribution < -0.4 is 4.74 Å². The van der Waals surface area contributed by atoms with Crippen molar-refractivity contribution in [2.45, 2.75) is 71.6 Å². The van der Waals surface area contributed by atoms with Crippen LogP contribution in [0, 0.1) is 0 Å². The molecule has 3 aromatic rings. The van der Waals surface area contributed by atoms with Crippen LogP contribution in [0.3, 0.4) is 0 Å². The highest BCUT2D eigenvalue weighted by molar-refractivity contribution is 5.72. The van der Waals surface area contributed by atoms with E-state index in [0.717, 1.165) is 24.1 Å². The van der Waals surface area contributed by atoms with Gasteiger partial charge in [-0.05, 0) is 83.3 Å². The Bertz CT molecular complexity index is 1080. The molecule has 0 heterocycles. The van der Waals surface area contributed by atoms with E-state index >= 15 is 0 Å². The van der Waals surface area contributed by atoms with E-state index in [0.29, 0.717) is 30.0 Å². The van der Waals surface area contributed by atoms with Gasteiger partial charge in [0.25, 0.3) is 0 Å². The van der Waals surface area contributed by atoms with Gasteiger partial charge in [-0.1, -0.05) is 60.7 Å². The molecular formula is C32H43NO5. The zero-order valence-electron chi connectivity index (χ0n) is 23.2. The summed E-state index contributed by atoms with van der Waals surface area (Å²) in [6.07, 6.45) is 0.752. The first-order chi connectivity index (χ1) is 18.1. The zero-order valence-corrected chi connectivity index (χ0v) is 23.2. The van der Waals surface area contributed by atoms with Crippen LogP contribution in [0.1, 0.15) is 63.6 Å². The van der Waals surface area contributed by atoms with Crippen molar-refractivity contribution < 1.29 is 24.9 Å². The van der Waals surface area contributed by atoms with Crippen LogP contribution in [0.25, 0.3) is 0 Å². The van der Waals surface area contributed by atoms with Crippen LogP contribution in [0.5, 0.6) is 11.5 Å². The molecule has 0 aliphatic heterocycles. The lowest BCUT2D eigenvalue weighted by Crippen LogP contribution is -2.38. The molecule has 0 fully saturated rings. The fraction of sp³-hybridized carbons (Fsp3) is 0.406. The topological polar surface area (TPSA) is 90.2 Å². The standard InChI is InChI=1S/C23H33NO2.C9H10O3/c1-17(2)24(18(3)4)14-12-21(20-8-6-5-7-9-20)22-16-19(13-15-25)10-11-23(22)26;1-7(9(10)11)12-8-5-3-2-4-6-8/h5-11,16-18,21,25-26H,12-15H2,1-4H3;2-7H,1H3,(H,10,11)/t21-;7-/m10/s1. The Labute approximate surface area is 227 Å². The number of phenolic OH excluding ortho intramolecular Hbond substituents is 1. The van der Waals surface area contributed by atoms with E-state index in [1.165, 1.54) is 12.5 Å². The first-order valence-electron chi connectivity index (χ1n) is 13.3. The largest absolute Gasteiger partial charge is 0.508 e. The fourth-order valence-corrected chi connectivity index (χ4v) is 4.50. The molecule has 3 N–H and O–H groups in total. The molecule has 0 aliphatic rings. The van der Waals surface area contributed by atoms with Gasteiger partial charge >= 0.3 is 5.97 Å². The molecule has 3 rings (SSSR count). The lowest BCUT2D eigenvalue weighted by molar-refractivity contribution is -0.144. The molecule has 0 radical (unpaired) electrons. The number of benzene rings is 3. The maximum absolute atomic E-state index is 10.5. The minimum atomic E-state index is -0.959. The Morgan fingerprint density at radius 1 is 0.868 bits per heavy atom. The summed E-state index contributed by atoms with van der Waals surface area (Å²) in [4.78, 5) is 12.9. The summed E-state index contributed by atoms with van der Waals surface area (Å²) in [5.74, 6) is 0.0854. The van der Waals surface area contributed by atoms with Crippen LogP contribution in [-0.2, 0) is 11.2 Å². The van der Waals surface area contributed by atoms with Gasteiger partial charge in [0.15, 0.2) is 6.10 Å². The third-order valence-corrected chi connectivity index (χ3v) is 6.48. The minimum absolute atomic E-state index is 0.120. The molecule has 0 spiro atoms. The van der Waals surface area contributed by atoms with Crippen LogP contribution >= 0.6 is 0 Å². The molecule has 0 saturated heterocycles. The number of aliphatic hydroxyl groups excluding tert-OH is 1. The number of hydrogen-bond acceptors (Lipinski definition) is 5. The second-order valence-corrected chi connectivity index (χ2v) is 9.96. The van der Waals surface area contributed by atoms with E-state index in [1.807, 2.05) is 18.2 Å². The summed E-state index contributed by atoms with van der Waals surface area (Å²) in [5.41, 5.74) is 3.23. The third kappa shape index (κ3) is 9.84. The Hall–Kier alpha value is -3.35. The summed E-state index contributed by atoms with van der Waals surface area (Å²) >= 11 is 0. The molecule has 0 saturated carbocycles. The van der Waals surface area contributed by atoms with Crippen molar-refractivity contribution in [3.05, 3.63) is 95.6 Å². The highest BCUT2D eigenvalue weighted by Gasteiger charge is 2.21. The molecule has 0 aliphatic carbocycles. The monoisotopic (exact) mass is 521 g/mol. The van der Waals surface area contributed by atoms with E-state index in [-0.39, 0.29) is 12.5 Å². The number of para-hydroxylation sites is 1. The first-order valence-corrected chi connectivity index (χ1v) is 13.3. The van der Waals surface area contributed by atoms with Crippen molar-refractivity contribution in [1.29, 1.82) is 0 Å². The fourth-order valence-electron chi connectivity index (χ4n) is 4.50. The Morgan fingerprint density at radius 2 is 1.45 bits per heavy atom. The lowest BCUT2D eigenvalue weighted by atomic mass is 9.86. The summed E-state index contributed by atoms with van der Waals surface area (Å²) in [6.45, 7) is 11.5. The van der Waals surface area contributed by atoms with Crippen molar-refractivity contribution >= 4 is 5.97 Å². The normalized spacial score (nSPS) is 12.7. The molecule has 6 nitrogen and oxygen atoms in total. The summed E-state index contributed by atoms with van der Waals surface area (Å²) < 4.78 is 5.08. The number of aromatic hydroxyl groups is 1. The number of ether oxygens (including phenoxy) is 1. The number of rotatable bonds is 12. The predicted octanol–water partition coefficient (Wildman–Crippen LogP) is 6.11. The molecule has 6 heteroatoms. The van der Waals surface area contributed by atoms with Gasteiger partial charge < -0.3 is 20.1 Å². The summed E-state index contributed by atoms with van der Waals surface area (Å²) in [6, 6.07) is 26.0. The van der Waals surface area contributed by atoms with Crippen LogP contribution in [-0.4, -0.2) is 57.5 Å². The average Bonchev–Trinajstić information content (AvgIpc) is 2.89. The van der Waals surface area contributed by atoms with Gasteiger partial charge in [-0.3, -0.25) is 4.90 Å². The quantitative estimate of drug-likeness (QED) is 0.267. The van der Waals surface area contributed by atoms with Gasteiger partial charge in [0.05, 0.1) is 0 Å². The summed E-state index contributed by atoms with van der Waals surface area (Å²) in [7, 11) is 0. The molecule has 0 unspecified atom stereocenters. The van der Waals surface area contributed by atoms with Crippen LogP contribution in [0.4, 0.5) is 0 Å². The molecule has 38 heavy (non-hydrogen) atoms. The lowest BCUT2D eigenvalue weighted by Gasteiger charge is -2.32. The number of aliphatic carboxylic acids is 1. The Balaban J connectivity index is 0.000000352. The number of carboxylic acid groups (broad SMARTS) is 1. The molecule has 0 aromatic heterocycles. The van der Waals surface area contributed by atoms with Gasteiger partial charge in [-0.25, -0.2) is 4.79 Å². The van der Waals surface area contributed by atoms with Crippen molar-refractivity contribution in [2.24, 2.45) is 0 Å². The smallest absolute Gasteiger partial charge is 0.344 e. The molecule has 0 amide bonds. The molecule has 206 valence electrons. The number of carboxylic acids is 1. The van der Waals surface area contributed by atoms with E-state index in [4.69, 9.17) is 9.84 Å². The number of phenols is 1. The Kier molecular flexibility index (Phi) is 12.8. The van der Waals surface area contributed by atoms with Crippen LogP contribution in [0.2, 0.25) is 0 Å². The molecule has 3 aromatic carbocycles. The third-order valence-electron chi connectivity index (χ3n) is 6.48. The number of nitrogens with zero attached hydrogens (tertiary/aromatic N) is 1. The Morgan fingerprint density at radius 3 is 1.97 bits per heavy atom. The zero-order chi connectivity index (χ0) is 28.1. The van der Waals surface area contributed by atoms with E-state index in [9.17, 15) is 15.0 Å². The van der Waals surface area contributed by atoms with Gasteiger partial charge in [-0.2, -0.15) is 0 Å². The first kappa shape index (κ1) is 30.9. The van der Waals surface area contributed by atoms with Crippen molar-refractivity contribution in [3.63, 3.8) is 0 Å². The van der Waals surface area contributed by atoms with Gasteiger partial charge in [0.1, 0.15) is 11.5 Å². The highest BCUT2D eigenvalue weighted by atomic mass is 16.5. The maximum atomic E-state index is 10.5. The predicted molar refractivity (Wildman–Crippen MR) is 153 cm³/mol. The van der Waals surface area contributed by atoms with Gasteiger partial charge in [0.2, 0.25) is 0 Å². The van der Waals surface area contributed by atoms with Crippen LogP contribution in [0.15, 0.2) is 78.9 Å². The average molecular weight is 522 g/mol.